The van der Waals surface area contributed by atoms with E-state index in [1.807, 2.05) is 30.3 Å². The zero-order valence-electron chi connectivity index (χ0n) is 17.5. The Labute approximate surface area is 175 Å². The summed E-state index contributed by atoms with van der Waals surface area (Å²) in [5, 5.41) is 0. The Kier molecular flexibility index (Phi) is 5.48. The number of hydrogen-bond acceptors (Lipinski definition) is 5. The van der Waals surface area contributed by atoms with Crippen molar-refractivity contribution in [2.45, 2.75) is 13.5 Å². The molecule has 3 aromatic carbocycles. The molecular weight excluding hydrogens is 380 g/mol. The minimum atomic E-state index is 0.472. The second kappa shape index (κ2) is 8.37. The minimum absolute atomic E-state index is 0.472. The number of nitrogens with one attached hydrogen (secondary N) is 1. The molecule has 154 valence electrons. The van der Waals surface area contributed by atoms with Crippen molar-refractivity contribution in [1.29, 1.82) is 0 Å². The van der Waals surface area contributed by atoms with E-state index in [1.165, 1.54) is 5.56 Å². The number of fused-ring (bicyclic) bond motifs is 1. The average molecular weight is 404 g/mol. The summed E-state index contributed by atoms with van der Waals surface area (Å²) in [6, 6.07) is 17.8. The van der Waals surface area contributed by atoms with Crippen LogP contribution in [0.1, 0.15) is 11.1 Å². The number of benzene rings is 3. The quantitative estimate of drug-likeness (QED) is 0.462. The van der Waals surface area contributed by atoms with E-state index in [0.29, 0.717) is 29.6 Å². The van der Waals surface area contributed by atoms with Crippen LogP contribution in [0.3, 0.4) is 0 Å². The Morgan fingerprint density at radius 3 is 2.13 bits per heavy atom. The van der Waals surface area contributed by atoms with Gasteiger partial charge in [-0.3, -0.25) is 0 Å². The van der Waals surface area contributed by atoms with Gasteiger partial charge in [0.05, 0.1) is 32.4 Å². The number of rotatable bonds is 7. The van der Waals surface area contributed by atoms with Crippen LogP contribution >= 0.6 is 0 Å². The van der Waals surface area contributed by atoms with Gasteiger partial charge in [-0.05, 0) is 30.7 Å². The predicted octanol–water partition coefficient (Wildman–Crippen LogP) is 5.14. The van der Waals surface area contributed by atoms with Gasteiger partial charge in [-0.1, -0.05) is 29.8 Å². The molecule has 0 aliphatic carbocycles. The van der Waals surface area contributed by atoms with Gasteiger partial charge in [0.1, 0.15) is 12.4 Å². The molecule has 0 radical (unpaired) electrons. The van der Waals surface area contributed by atoms with Crippen LogP contribution in [0.15, 0.2) is 54.6 Å². The van der Waals surface area contributed by atoms with Crippen LogP contribution < -0.4 is 18.9 Å². The van der Waals surface area contributed by atoms with Gasteiger partial charge in [0, 0.05) is 17.7 Å². The van der Waals surface area contributed by atoms with Crippen LogP contribution in [0, 0.1) is 6.92 Å². The van der Waals surface area contributed by atoms with Crippen molar-refractivity contribution in [1.82, 2.24) is 9.97 Å². The molecule has 0 unspecified atom stereocenters. The van der Waals surface area contributed by atoms with Crippen LogP contribution in [0.25, 0.3) is 22.4 Å². The van der Waals surface area contributed by atoms with Gasteiger partial charge in [-0.15, -0.1) is 0 Å². The summed E-state index contributed by atoms with van der Waals surface area (Å²) in [5.74, 6) is 3.35. The van der Waals surface area contributed by atoms with Crippen molar-refractivity contribution in [2.75, 3.05) is 21.3 Å². The standard InChI is InChI=1S/C24H24N2O4/c1-15-5-7-16(8-6-15)14-30-20-10-9-17(11-21(20)27-2)24-25-18-12-22(28-3)23(29-4)13-19(18)26-24/h5-13H,14H2,1-4H3,(H,25,26). The maximum Gasteiger partial charge on any atom is 0.163 e. The molecule has 6 heteroatoms. The molecule has 0 amide bonds. The van der Waals surface area contributed by atoms with E-state index in [0.717, 1.165) is 28.0 Å². The van der Waals surface area contributed by atoms with E-state index in [4.69, 9.17) is 18.9 Å². The van der Waals surface area contributed by atoms with Gasteiger partial charge in [0.2, 0.25) is 0 Å². The largest absolute Gasteiger partial charge is 0.493 e. The monoisotopic (exact) mass is 404 g/mol. The number of nitrogens with zero attached hydrogens (tertiary/aromatic N) is 1. The van der Waals surface area contributed by atoms with Gasteiger partial charge in [0.25, 0.3) is 0 Å². The van der Waals surface area contributed by atoms with Crippen LogP contribution in [0.5, 0.6) is 23.0 Å². The van der Waals surface area contributed by atoms with E-state index in [1.54, 1.807) is 21.3 Å². The van der Waals surface area contributed by atoms with E-state index in [2.05, 4.69) is 41.2 Å². The molecule has 0 aliphatic rings. The first kappa shape index (κ1) is 19.6. The first-order valence-electron chi connectivity index (χ1n) is 9.59. The molecule has 0 spiro atoms. The number of aromatic nitrogens is 2. The number of imidazole rings is 1. The van der Waals surface area contributed by atoms with Crippen LogP contribution in [-0.2, 0) is 6.61 Å². The molecule has 1 N–H and O–H groups in total. The first-order chi connectivity index (χ1) is 14.6. The van der Waals surface area contributed by atoms with E-state index in [9.17, 15) is 0 Å². The zero-order chi connectivity index (χ0) is 21.1. The second-order valence-electron chi connectivity index (χ2n) is 6.95. The maximum atomic E-state index is 5.98. The molecule has 0 bridgehead atoms. The molecule has 0 aliphatic heterocycles. The number of aromatic amines is 1. The topological polar surface area (TPSA) is 65.6 Å². The number of H-pyrrole nitrogens is 1. The van der Waals surface area contributed by atoms with Crippen molar-refractivity contribution in [3.8, 4) is 34.4 Å². The highest BCUT2D eigenvalue weighted by molar-refractivity contribution is 5.83. The Morgan fingerprint density at radius 1 is 0.767 bits per heavy atom. The van der Waals surface area contributed by atoms with Crippen molar-refractivity contribution in [2.24, 2.45) is 0 Å². The zero-order valence-corrected chi connectivity index (χ0v) is 17.5. The molecule has 0 fully saturated rings. The van der Waals surface area contributed by atoms with E-state index in [-0.39, 0.29) is 0 Å². The smallest absolute Gasteiger partial charge is 0.163 e. The Balaban J connectivity index is 1.61. The summed E-state index contributed by atoms with van der Waals surface area (Å²) in [7, 11) is 4.85. The summed E-state index contributed by atoms with van der Waals surface area (Å²) < 4.78 is 22.3. The van der Waals surface area contributed by atoms with Gasteiger partial charge in [0.15, 0.2) is 23.0 Å². The molecule has 0 saturated heterocycles. The van der Waals surface area contributed by atoms with Crippen molar-refractivity contribution in [3.63, 3.8) is 0 Å². The molecule has 4 rings (SSSR count). The van der Waals surface area contributed by atoms with Crippen molar-refractivity contribution in [3.05, 3.63) is 65.7 Å². The summed E-state index contributed by atoms with van der Waals surface area (Å²) in [5.41, 5.74) is 4.87. The lowest BCUT2D eigenvalue weighted by Crippen LogP contribution is -1.98. The molecule has 1 aromatic heterocycles. The predicted molar refractivity (Wildman–Crippen MR) is 117 cm³/mol. The lowest BCUT2D eigenvalue weighted by atomic mass is 10.1. The molecule has 6 nitrogen and oxygen atoms in total. The molecule has 1 heterocycles. The number of aryl methyl sites for hydroxylation is 1. The summed E-state index contributed by atoms with van der Waals surface area (Å²) in [6.45, 7) is 2.54. The second-order valence-corrected chi connectivity index (χ2v) is 6.95. The van der Waals surface area contributed by atoms with E-state index < -0.39 is 0 Å². The number of hydrogen-bond donors (Lipinski definition) is 1. The highest BCUT2D eigenvalue weighted by Gasteiger charge is 2.13. The normalized spacial score (nSPS) is 10.8. The van der Waals surface area contributed by atoms with Crippen LogP contribution in [0.4, 0.5) is 0 Å². The van der Waals surface area contributed by atoms with Gasteiger partial charge in [-0.25, -0.2) is 4.98 Å². The lowest BCUT2D eigenvalue weighted by Gasteiger charge is -2.12. The first-order valence-corrected chi connectivity index (χ1v) is 9.59. The number of methoxy groups -OCH3 is 3. The lowest BCUT2D eigenvalue weighted by molar-refractivity contribution is 0.284. The molecule has 0 saturated carbocycles. The van der Waals surface area contributed by atoms with Gasteiger partial charge in [-0.2, -0.15) is 0 Å². The van der Waals surface area contributed by atoms with E-state index >= 15 is 0 Å². The third-order valence-corrected chi connectivity index (χ3v) is 4.94. The molecule has 30 heavy (non-hydrogen) atoms. The fourth-order valence-corrected chi connectivity index (χ4v) is 3.25. The minimum Gasteiger partial charge on any atom is -0.493 e. The van der Waals surface area contributed by atoms with Gasteiger partial charge < -0.3 is 23.9 Å². The summed E-state index contributed by atoms with van der Waals surface area (Å²) in [4.78, 5) is 8.02. The average Bonchev–Trinajstić information content (AvgIpc) is 3.20. The molecule has 4 aromatic rings. The Bertz CT molecular complexity index is 1130. The molecular formula is C24H24N2O4. The Morgan fingerprint density at radius 2 is 1.43 bits per heavy atom. The number of ether oxygens (including phenoxy) is 4. The van der Waals surface area contributed by atoms with Crippen molar-refractivity contribution >= 4 is 11.0 Å². The summed E-state index contributed by atoms with van der Waals surface area (Å²) in [6.07, 6.45) is 0. The SMILES string of the molecule is COc1cc2nc(-c3ccc(OCc4ccc(C)cc4)c(OC)c3)[nH]c2cc1OC. The fourth-order valence-electron chi connectivity index (χ4n) is 3.25. The maximum absolute atomic E-state index is 5.98. The van der Waals surface area contributed by atoms with Crippen LogP contribution in [0.2, 0.25) is 0 Å². The highest BCUT2D eigenvalue weighted by Crippen LogP contribution is 2.35. The molecule has 0 atom stereocenters. The summed E-state index contributed by atoms with van der Waals surface area (Å²) >= 11 is 0. The van der Waals surface area contributed by atoms with Crippen LogP contribution in [-0.4, -0.2) is 31.3 Å². The van der Waals surface area contributed by atoms with Gasteiger partial charge >= 0.3 is 0 Å². The highest BCUT2D eigenvalue weighted by atomic mass is 16.5. The third kappa shape index (κ3) is 3.89. The van der Waals surface area contributed by atoms with Crippen molar-refractivity contribution < 1.29 is 18.9 Å². The Hall–Kier alpha value is -3.67. The fraction of sp³-hybridized carbons (Fsp3) is 0.208. The third-order valence-electron chi connectivity index (χ3n) is 4.94.